The number of pyridine rings is 1. The Bertz CT molecular complexity index is 491. The lowest BCUT2D eigenvalue weighted by Crippen LogP contribution is -2.18. The summed E-state index contributed by atoms with van der Waals surface area (Å²) in [6.45, 7) is 2.39. The first-order chi connectivity index (χ1) is 9.92. The number of hydrogen-bond acceptors (Lipinski definition) is 4. The maximum absolute atomic E-state index is 12.6. The van der Waals surface area contributed by atoms with Crippen LogP contribution in [0.25, 0.3) is 0 Å². The minimum atomic E-state index is -4.54. The smallest absolute Gasteiger partial charge is 0.396 e. The number of alkyl halides is 3. The quantitative estimate of drug-likeness (QED) is 0.811. The largest absolute Gasteiger partial charge is 0.433 e. The Hall–Kier alpha value is -1.81. The maximum Gasteiger partial charge on any atom is 0.433 e. The predicted octanol–water partition coefficient (Wildman–Crippen LogP) is 3.18. The summed E-state index contributed by atoms with van der Waals surface area (Å²) >= 11 is 0. The van der Waals surface area contributed by atoms with Crippen LogP contribution in [0.2, 0.25) is 0 Å². The van der Waals surface area contributed by atoms with Gasteiger partial charge in [-0.1, -0.05) is 13.3 Å². The zero-order valence-corrected chi connectivity index (χ0v) is 11.7. The second kappa shape index (κ2) is 7.84. The van der Waals surface area contributed by atoms with Crippen LogP contribution >= 0.6 is 0 Å². The number of nitrogens with one attached hydrogen (secondary N) is 1. The number of nitrogens with zero attached hydrogens (tertiary/aromatic N) is 2. The molecule has 7 heteroatoms. The normalized spacial score (nSPS) is 12.8. The third-order valence-corrected chi connectivity index (χ3v) is 3.10. The third-order valence-electron chi connectivity index (χ3n) is 3.10. The predicted molar refractivity (Wildman–Crippen MR) is 72.5 cm³/mol. The summed E-state index contributed by atoms with van der Waals surface area (Å²) in [6, 6.07) is 3.72. The Kier molecular flexibility index (Phi) is 6.43. The number of rotatable bonds is 7. The van der Waals surface area contributed by atoms with E-state index in [9.17, 15) is 13.2 Å². The van der Waals surface area contributed by atoms with Crippen LogP contribution in [0, 0.1) is 17.2 Å². The molecule has 1 aromatic rings. The molecule has 0 spiro atoms. The molecule has 0 aliphatic rings. The van der Waals surface area contributed by atoms with Crippen LogP contribution in [-0.4, -0.2) is 23.2 Å². The summed E-state index contributed by atoms with van der Waals surface area (Å²) in [5.74, 6) is 0.0641. The molecule has 1 heterocycles. The first kappa shape index (κ1) is 17.2. The average Bonchev–Trinajstić information content (AvgIpc) is 2.44. The summed E-state index contributed by atoms with van der Waals surface area (Å²) in [7, 11) is 0. The van der Waals surface area contributed by atoms with E-state index in [-0.39, 0.29) is 23.9 Å². The lowest BCUT2D eigenvalue weighted by Gasteiger charge is -2.17. The van der Waals surface area contributed by atoms with E-state index in [1.807, 2.05) is 13.0 Å². The van der Waals surface area contributed by atoms with Gasteiger partial charge in [-0.25, -0.2) is 4.98 Å². The van der Waals surface area contributed by atoms with Gasteiger partial charge in [-0.15, -0.1) is 0 Å². The second-order valence-corrected chi connectivity index (χ2v) is 4.75. The molecular weight excluding hydrogens is 283 g/mol. The number of aliphatic hydroxyl groups excluding tert-OH is 1. The van der Waals surface area contributed by atoms with Crippen molar-refractivity contribution in [1.82, 2.24) is 4.98 Å². The van der Waals surface area contributed by atoms with Crippen LogP contribution in [-0.2, 0) is 6.18 Å². The summed E-state index contributed by atoms with van der Waals surface area (Å²) in [4.78, 5) is 3.49. The molecule has 0 radical (unpaired) electrons. The van der Waals surface area contributed by atoms with E-state index >= 15 is 0 Å². The summed E-state index contributed by atoms with van der Waals surface area (Å²) in [5, 5.41) is 20.7. The van der Waals surface area contributed by atoms with Crippen molar-refractivity contribution in [1.29, 1.82) is 5.26 Å². The van der Waals surface area contributed by atoms with Gasteiger partial charge in [0, 0.05) is 13.2 Å². The topological polar surface area (TPSA) is 68.9 Å². The highest BCUT2D eigenvalue weighted by Gasteiger charge is 2.33. The van der Waals surface area contributed by atoms with Gasteiger partial charge in [-0.3, -0.25) is 0 Å². The van der Waals surface area contributed by atoms with Gasteiger partial charge in [0.1, 0.15) is 17.6 Å². The standard InChI is InChI=1S/C14H18F3N3O/c1-2-3-10(6-7-21)9-19-13-11(8-18)4-5-12(20-13)14(15,16)17/h4-5,10,21H,2-3,6-7,9H2,1H3,(H,19,20). The fourth-order valence-electron chi connectivity index (χ4n) is 2.02. The van der Waals surface area contributed by atoms with Crippen molar-refractivity contribution < 1.29 is 18.3 Å². The minimum absolute atomic E-state index is 0.0213. The minimum Gasteiger partial charge on any atom is -0.396 e. The number of nitriles is 1. The third kappa shape index (κ3) is 5.23. The van der Waals surface area contributed by atoms with Crippen LogP contribution in [0.4, 0.5) is 19.0 Å². The molecule has 0 saturated heterocycles. The van der Waals surface area contributed by atoms with Crippen molar-refractivity contribution in [3.8, 4) is 6.07 Å². The highest BCUT2D eigenvalue weighted by molar-refractivity contribution is 5.52. The first-order valence-electron chi connectivity index (χ1n) is 6.75. The number of aromatic nitrogens is 1. The van der Waals surface area contributed by atoms with Crippen molar-refractivity contribution in [2.75, 3.05) is 18.5 Å². The van der Waals surface area contributed by atoms with E-state index in [2.05, 4.69) is 10.3 Å². The van der Waals surface area contributed by atoms with Crippen LogP contribution in [0.5, 0.6) is 0 Å². The molecule has 1 unspecified atom stereocenters. The van der Waals surface area contributed by atoms with Crippen molar-refractivity contribution in [3.63, 3.8) is 0 Å². The fraction of sp³-hybridized carbons (Fsp3) is 0.571. The zero-order chi connectivity index (χ0) is 15.9. The van der Waals surface area contributed by atoms with Crippen LogP contribution < -0.4 is 5.32 Å². The van der Waals surface area contributed by atoms with Crippen molar-refractivity contribution in [2.45, 2.75) is 32.4 Å². The van der Waals surface area contributed by atoms with Crippen LogP contribution in [0.15, 0.2) is 12.1 Å². The van der Waals surface area contributed by atoms with E-state index in [4.69, 9.17) is 10.4 Å². The average molecular weight is 301 g/mol. The Morgan fingerprint density at radius 1 is 1.38 bits per heavy atom. The maximum atomic E-state index is 12.6. The second-order valence-electron chi connectivity index (χ2n) is 4.75. The monoisotopic (exact) mass is 301 g/mol. The van der Waals surface area contributed by atoms with Gasteiger partial charge in [-0.05, 0) is 30.9 Å². The number of anilines is 1. The van der Waals surface area contributed by atoms with Gasteiger partial charge < -0.3 is 10.4 Å². The Balaban J connectivity index is 2.87. The lowest BCUT2D eigenvalue weighted by atomic mass is 10.0. The molecule has 21 heavy (non-hydrogen) atoms. The van der Waals surface area contributed by atoms with Crippen LogP contribution in [0.3, 0.4) is 0 Å². The van der Waals surface area contributed by atoms with Gasteiger partial charge in [-0.2, -0.15) is 18.4 Å². The van der Waals surface area contributed by atoms with E-state index in [0.29, 0.717) is 13.0 Å². The van der Waals surface area contributed by atoms with Crippen LogP contribution in [0.1, 0.15) is 37.4 Å². The molecule has 0 aromatic carbocycles. The van der Waals surface area contributed by atoms with Crippen molar-refractivity contribution >= 4 is 5.82 Å². The van der Waals surface area contributed by atoms with Crippen molar-refractivity contribution in [3.05, 3.63) is 23.4 Å². The van der Waals surface area contributed by atoms with Gasteiger partial charge in [0.2, 0.25) is 0 Å². The molecule has 1 aromatic heterocycles. The summed E-state index contributed by atoms with van der Waals surface area (Å²) in [5.41, 5.74) is -0.958. The highest BCUT2D eigenvalue weighted by Crippen LogP contribution is 2.29. The fourth-order valence-corrected chi connectivity index (χ4v) is 2.02. The number of halogens is 3. The molecule has 0 amide bonds. The first-order valence-corrected chi connectivity index (χ1v) is 6.75. The molecular formula is C14H18F3N3O. The van der Waals surface area contributed by atoms with E-state index < -0.39 is 11.9 Å². The molecule has 1 rings (SSSR count). The van der Waals surface area contributed by atoms with E-state index in [1.54, 1.807) is 0 Å². The molecule has 0 bridgehead atoms. The molecule has 1 atom stereocenters. The number of aliphatic hydroxyl groups is 1. The van der Waals surface area contributed by atoms with Gasteiger partial charge in [0.15, 0.2) is 0 Å². The zero-order valence-electron chi connectivity index (χ0n) is 11.7. The number of hydrogen-bond donors (Lipinski definition) is 2. The SMILES string of the molecule is CCCC(CCO)CNc1nc(C(F)(F)F)ccc1C#N. The highest BCUT2D eigenvalue weighted by atomic mass is 19.4. The Morgan fingerprint density at radius 2 is 2.10 bits per heavy atom. The molecule has 4 nitrogen and oxygen atoms in total. The lowest BCUT2D eigenvalue weighted by molar-refractivity contribution is -0.141. The van der Waals surface area contributed by atoms with Gasteiger partial charge >= 0.3 is 6.18 Å². The molecule has 2 N–H and O–H groups in total. The molecule has 0 aliphatic heterocycles. The van der Waals surface area contributed by atoms with Gasteiger partial charge in [0.05, 0.1) is 5.56 Å². The van der Waals surface area contributed by atoms with Gasteiger partial charge in [0.25, 0.3) is 0 Å². The van der Waals surface area contributed by atoms with E-state index in [0.717, 1.165) is 25.0 Å². The Morgan fingerprint density at radius 3 is 2.62 bits per heavy atom. The summed E-state index contributed by atoms with van der Waals surface area (Å²) < 4.78 is 37.9. The molecule has 0 aliphatic carbocycles. The van der Waals surface area contributed by atoms with E-state index in [1.165, 1.54) is 0 Å². The van der Waals surface area contributed by atoms with Crippen molar-refractivity contribution in [2.24, 2.45) is 5.92 Å². The molecule has 116 valence electrons. The molecule has 0 saturated carbocycles. The molecule has 0 fully saturated rings. The summed E-state index contributed by atoms with van der Waals surface area (Å²) in [6.07, 6.45) is -2.23. The Labute approximate surface area is 121 Å².